The fourth-order valence-electron chi connectivity index (χ4n) is 4.38. The van der Waals surface area contributed by atoms with Crippen molar-refractivity contribution >= 4 is 23.3 Å². The Hall–Kier alpha value is -3.28. The van der Waals surface area contributed by atoms with E-state index < -0.39 is 0 Å². The number of aryl methyl sites for hydroxylation is 1. The summed E-state index contributed by atoms with van der Waals surface area (Å²) in [5.74, 6) is 1.63. The molecule has 0 saturated carbocycles. The van der Waals surface area contributed by atoms with E-state index in [0.29, 0.717) is 12.5 Å². The van der Waals surface area contributed by atoms with Gasteiger partial charge in [-0.2, -0.15) is 0 Å². The molecule has 0 bridgehead atoms. The zero-order valence-corrected chi connectivity index (χ0v) is 20.9. The number of nitrogens with zero attached hydrogens (tertiary/aromatic N) is 3. The third-order valence-electron chi connectivity index (χ3n) is 6.51. The van der Waals surface area contributed by atoms with E-state index in [4.69, 9.17) is 9.73 Å². The maximum atomic E-state index is 5.69. The summed E-state index contributed by atoms with van der Waals surface area (Å²) in [6, 6.07) is 8.61. The number of nitrogens with one attached hydrogen (secondary N) is 2. The summed E-state index contributed by atoms with van der Waals surface area (Å²) in [4.78, 5) is 11.8. The van der Waals surface area contributed by atoms with Gasteiger partial charge >= 0.3 is 0 Å². The Kier molecular flexibility index (Phi) is 7.88. The minimum Gasteiger partial charge on any atom is -0.474 e. The van der Waals surface area contributed by atoms with Crippen LogP contribution >= 0.6 is 0 Å². The molecule has 0 aliphatic carbocycles. The Balaban J connectivity index is 1.47. The number of anilines is 3. The molecule has 3 heterocycles. The summed E-state index contributed by atoms with van der Waals surface area (Å²) < 4.78 is 5.69. The van der Waals surface area contributed by atoms with Crippen molar-refractivity contribution in [3.63, 3.8) is 0 Å². The summed E-state index contributed by atoms with van der Waals surface area (Å²) in [6.45, 7) is 12.0. The lowest BCUT2D eigenvalue weighted by Crippen LogP contribution is -2.32. The molecule has 2 aromatic rings. The maximum Gasteiger partial charge on any atom is 0.237 e. The molecule has 6 nitrogen and oxygen atoms in total. The molecular weight excluding hydrogens is 422 g/mol. The van der Waals surface area contributed by atoms with Gasteiger partial charge in [0.05, 0.1) is 11.9 Å². The number of allylic oxidation sites excluding steroid dienone is 1. The topological polar surface area (TPSA) is 61.8 Å². The first-order chi connectivity index (χ1) is 16.6. The molecule has 2 N–H and O–H groups in total. The van der Waals surface area contributed by atoms with E-state index in [1.54, 1.807) is 0 Å². The molecule has 180 valence electrons. The molecule has 0 amide bonds. The first-order valence-electron chi connectivity index (χ1n) is 12.5. The number of unbranched alkanes of at least 4 members (excludes halogenated alkanes) is 1. The van der Waals surface area contributed by atoms with Gasteiger partial charge in [0.1, 0.15) is 18.1 Å². The summed E-state index contributed by atoms with van der Waals surface area (Å²) in [6.07, 6.45) is 10.3. The highest BCUT2D eigenvalue weighted by Gasteiger charge is 2.22. The SMILES string of the molecule is CCC/C=C(/N=C\C1=C(C)CN(c2cnc3c(c2C)NCCO3)CC1)Nc1ccc(CC)cc1. The first kappa shape index (κ1) is 23.9. The number of aliphatic imine (C=N–C) groups is 1. The molecule has 1 aromatic carbocycles. The molecule has 0 unspecified atom stereocenters. The van der Waals surface area contributed by atoms with Crippen molar-refractivity contribution in [2.45, 2.75) is 53.4 Å². The summed E-state index contributed by atoms with van der Waals surface area (Å²) in [5, 5.41) is 6.94. The first-order valence-corrected chi connectivity index (χ1v) is 12.5. The van der Waals surface area contributed by atoms with Crippen molar-refractivity contribution in [3.05, 3.63) is 64.6 Å². The standard InChI is InChI=1S/C28H37N5O/c1-5-7-8-26(32-24-11-9-22(6-2)10-12-24)30-17-23-13-15-33(19-20(23)3)25-18-31-28-27(21(25)4)29-14-16-34-28/h8-12,17-18,29,32H,5-7,13-16,19H2,1-4H3/b26-8-,30-17-. The Morgan fingerprint density at radius 3 is 2.79 bits per heavy atom. The fraction of sp³-hybridized carbons (Fsp3) is 0.429. The van der Waals surface area contributed by atoms with Crippen molar-refractivity contribution in [2.75, 3.05) is 41.8 Å². The van der Waals surface area contributed by atoms with Crippen LogP contribution in [-0.2, 0) is 6.42 Å². The molecule has 2 aliphatic heterocycles. The average molecular weight is 460 g/mol. The molecule has 4 rings (SSSR count). The summed E-state index contributed by atoms with van der Waals surface area (Å²) in [7, 11) is 0. The van der Waals surface area contributed by atoms with Gasteiger partial charge in [-0.25, -0.2) is 9.98 Å². The maximum absolute atomic E-state index is 5.69. The van der Waals surface area contributed by atoms with Crippen LogP contribution in [0.25, 0.3) is 0 Å². The van der Waals surface area contributed by atoms with Gasteiger partial charge in [-0.1, -0.05) is 32.4 Å². The Morgan fingerprint density at radius 2 is 2.06 bits per heavy atom. The van der Waals surface area contributed by atoms with Gasteiger partial charge in [0.15, 0.2) is 0 Å². The molecule has 0 radical (unpaired) electrons. The van der Waals surface area contributed by atoms with Crippen LogP contribution in [0, 0.1) is 6.92 Å². The average Bonchev–Trinajstić information content (AvgIpc) is 2.87. The Bertz CT molecular complexity index is 1080. The van der Waals surface area contributed by atoms with Crippen LogP contribution in [0.4, 0.5) is 17.1 Å². The second-order valence-corrected chi connectivity index (χ2v) is 9.01. The normalized spacial score (nSPS) is 16.4. The monoisotopic (exact) mass is 459 g/mol. The zero-order valence-electron chi connectivity index (χ0n) is 20.9. The summed E-state index contributed by atoms with van der Waals surface area (Å²) in [5.41, 5.74) is 8.48. The number of fused-ring (bicyclic) bond motifs is 1. The van der Waals surface area contributed by atoms with Crippen molar-refractivity contribution < 1.29 is 4.74 Å². The third kappa shape index (κ3) is 5.61. The summed E-state index contributed by atoms with van der Waals surface area (Å²) >= 11 is 0. The van der Waals surface area contributed by atoms with Gasteiger partial charge in [0.2, 0.25) is 5.88 Å². The van der Waals surface area contributed by atoms with Crippen LogP contribution in [0.2, 0.25) is 0 Å². The van der Waals surface area contributed by atoms with Crippen molar-refractivity contribution in [2.24, 2.45) is 4.99 Å². The van der Waals surface area contributed by atoms with Gasteiger partial charge in [0, 0.05) is 37.1 Å². The minimum atomic E-state index is 0.667. The van der Waals surface area contributed by atoms with Gasteiger partial charge < -0.3 is 20.3 Å². The van der Waals surface area contributed by atoms with Crippen molar-refractivity contribution in [3.8, 4) is 5.88 Å². The predicted octanol–water partition coefficient (Wildman–Crippen LogP) is 6.11. The highest BCUT2D eigenvalue weighted by molar-refractivity contribution is 5.82. The fourth-order valence-corrected chi connectivity index (χ4v) is 4.38. The van der Waals surface area contributed by atoms with Gasteiger partial charge in [-0.15, -0.1) is 0 Å². The second-order valence-electron chi connectivity index (χ2n) is 9.01. The van der Waals surface area contributed by atoms with Crippen LogP contribution in [-0.4, -0.2) is 37.4 Å². The zero-order chi connectivity index (χ0) is 23.9. The highest BCUT2D eigenvalue weighted by Crippen LogP contribution is 2.36. The van der Waals surface area contributed by atoms with E-state index >= 15 is 0 Å². The van der Waals surface area contributed by atoms with Crippen LogP contribution in [0.15, 0.2) is 58.5 Å². The van der Waals surface area contributed by atoms with Crippen LogP contribution in [0.5, 0.6) is 5.88 Å². The number of aromatic nitrogens is 1. The molecule has 34 heavy (non-hydrogen) atoms. The lowest BCUT2D eigenvalue weighted by atomic mass is 10.0. The van der Waals surface area contributed by atoms with E-state index in [1.807, 2.05) is 6.20 Å². The van der Waals surface area contributed by atoms with Crippen molar-refractivity contribution in [1.29, 1.82) is 0 Å². The molecule has 1 aromatic heterocycles. The van der Waals surface area contributed by atoms with E-state index in [-0.39, 0.29) is 0 Å². The number of rotatable bonds is 8. The number of pyridine rings is 1. The van der Waals surface area contributed by atoms with Gasteiger partial charge in [0.25, 0.3) is 0 Å². The predicted molar refractivity (Wildman–Crippen MR) is 143 cm³/mol. The third-order valence-corrected chi connectivity index (χ3v) is 6.51. The van der Waals surface area contributed by atoms with E-state index in [0.717, 1.165) is 62.5 Å². The number of benzene rings is 1. The Labute approximate surface area is 203 Å². The molecule has 0 spiro atoms. The van der Waals surface area contributed by atoms with Crippen LogP contribution in [0.3, 0.4) is 0 Å². The minimum absolute atomic E-state index is 0.667. The molecular formula is C28H37N5O. The lowest BCUT2D eigenvalue weighted by Gasteiger charge is -2.33. The van der Waals surface area contributed by atoms with E-state index in [9.17, 15) is 0 Å². The van der Waals surface area contributed by atoms with Crippen LogP contribution in [0.1, 0.15) is 51.2 Å². The smallest absolute Gasteiger partial charge is 0.237 e. The number of hydrogen-bond donors (Lipinski definition) is 2. The van der Waals surface area contributed by atoms with Crippen LogP contribution < -0.4 is 20.3 Å². The van der Waals surface area contributed by atoms with E-state index in [1.165, 1.54) is 28.0 Å². The molecule has 6 heteroatoms. The highest BCUT2D eigenvalue weighted by atomic mass is 16.5. The number of hydrogen-bond acceptors (Lipinski definition) is 6. The lowest BCUT2D eigenvalue weighted by molar-refractivity contribution is 0.310. The van der Waals surface area contributed by atoms with Gasteiger partial charge in [-0.05, 0) is 68.0 Å². The molecule has 0 fully saturated rings. The quantitative estimate of drug-likeness (QED) is 0.467. The van der Waals surface area contributed by atoms with E-state index in [2.05, 4.69) is 84.8 Å². The molecule has 2 aliphatic rings. The largest absolute Gasteiger partial charge is 0.474 e. The Morgan fingerprint density at radius 1 is 1.24 bits per heavy atom. The number of ether oxygens (including phenoxy) is 1. The molecule has 0 atom stereocenters. The van der Waals surface area contributed by atoms with Crippen molar-refractivity contribution in [1.82, 2.24) is 4.98 Å². The van der Waals surface area contributed by atoms with Gasteiger partial charge in [-0.3, -0.25) is 0 Å². The second kappa shape index (κ2) is 11.2. The molecule has 0 saturated heterocycles.